The van der Waals surface area contributed by atoms with E-state index in [1.165, 1.54) is 78.3 Å². The molecule has 16 atom stereocenters. The second kappa shape index (κ2) is 88.2. The van der Waals surface area contributed by atoms with Crippen molar-refractivity contribution in [2.24, 2.45) is 47.3 Å². The Morgan fingerprint density at radius 3 is 0.547 bits per heavy atom. The van der Waals surface area contributed by atoms with Gasteiger partial charge in [0.05, 0.1) is 122 Å². The number of carbonyl (C=O) groups excluding carboxylic acids is 1. The van der Waals surface area contributed by atoms with Crippen LogP contribution in [0.5, 0.6) is 0 Å². The molecule has 0 aliphatic rings. The van der Waals surface area contributed by atoms with Crippen molar-refractivity contribution < 1.29 is 91.8 Å². The minimum Gasteiger partial charge on any atom is -0.481 e. The number of aliphatic carboxylic acids is 1. The summed E-state index contributed by atoms with van der Waals surface area (Å²) in [5, 5.41) is 9.31. The van der Waals surface area contributed by atoms with Gasteiger partial charge in [-0.1, -0.05) is 356 Å². The topological polar surface area (TPSA) is 211 Å². The van der Waals surface area contributed by atoms with Crippen molar-refractivity contribution >= 4 is 243 Å². The molecule has 0 aliphatic heterocycles. The number of unbranched alkanes of at least 4 members (excludes halogenated alkanes) is 8. The van der Waals surface area contributed by atoms with E-state index in [1.807, 2.05) is 69.2 Å². The maximum atomic E-state index is 11.9. The lowest BCUT2D eigenvalue weighted by atomic mass is 10.0. The van der Waals surface area contributed by atoms with Gasteiger partial charge >= 0.3 is 11.9 Å². The van der Waals surface area contributed by atoms with Crippen LogP contribution in [0.1, 0.15) is 398 Å². The van der Waals surface area contributed by atoms with Crippen molar-refractivity contribution in [3.8, 4) is 0 Å². The van der Waals surface area contributed by atoms with Crippen LogP contribution < -0.4 is 0 Å². The maximum absolute atomic E-state index is 11.9. The Hall–Kier alpha value is 6.30. The Morgan fingerprint density at radius 1 is 0.245 bits per heavy atom. The first-order valence-corrected chi connectivity index (χ1v) is 86.5. The van der Waals surface area contributed by atoms with Crippen LogP contribution in [0, 0.1) is 47.3 Å². The predicted octanol–water partition coefficient (Wildman–Crippen LogP) is 37.8. The van der Waals surface area contributed by atoms with Crippen LogP contribution in [0.25, 0.3) is 0 Å². The van der Waals surface area contributed by atoms with E-state index in [0.717, 1.165) is 180 Å². The molecule has 0 aromatic heterocycles. The van der Waals surface area contributed by atoms with Crippen molar-refractivity contribution in [1.29, 1.82) is 0 Å². The summed E-state index contributed by atoms with van der Waals surface area (Å²) in [4.78, 5) is 23.3. The highest BCUT2D eigenvalue weighted by Crippen LogP contribution is 2.71. The smallest absolute Gasteiger partial charge is 0.306 e. The Balaban J connectivity index is 0. The fourth-order valence-corrected chi connectivity index (χ4v) is 53.6. The van der Waals surface area contributed by atoms with E-state index in [2.05, 4.69) is 111 Å². The third kappa shape index (κ3) is 77.4. The molecule has 20 nitrogen and oxygen atoms in total. The molecule has 0 saturated heterocycles. The third-order valence-corrected chi connectivity index (χ3v) is 66.7. The normalized spacial score (nSPS) is 18.8. The Bertz CT molecular complexity index is 3220. The van der Waals surface area contributed by atoms with Gasteiger partial charge in [0.15, 0.2) is 0 Å². The van der Waals surface area contributed by atoms with Crippen molar-refractivity contribution in [3.63, 3.8) is 0 Å². The molecule has 0 bridgehead atoms. The van der Waals surface area contributed by atoms with Gasteiger partial charge in [-0.3, -0.25) is 9.59 Å². The molecule has 0 fully saturated rings. The third-order valence-electron chi connectivity index (χ3n) is 22.8. The molecule has 0 aliphatic carbocycles. The zero-order valence-corrected chi connectivity index (χ0v) is 111. The Kier molecular flexibility index (Phi) is 93.5. The summed E-state index contributed by atoms with van der Waals surface area (Å²) in [5.74, 6) is 5.95. The minimum absolute atomic E-state index is 0.0364. The SMILES string of the molecule is CCCCC(CC)COP(=S)(OCC(CC)CCCC)SCC(C)OP(=S)(OC(C)CSP(=S)(OCC(CC)CCCC)OCC(CC)CCCC)SCC(C)OP(=S)(OC(C)C)SCCC(=O)O.CCCCC(CC)COP(=S)(OCC(CC)CCCC)SCC(C)OP(=S)(OC(C)CSP(=S)(OCC(CC)CCCC)OCC(CC)CCCC)SCC(C)OP(=S)(OC(C)C)SCCC(=O)OC. The fraction of sp³-hybridized carbons (Fsp3) is 0.979. The zero-order chi connectivity index (χ0) is 105. The lowest BCUT2D eigenvalue weighted by molar-refractivity contribution is -0.140. The molecule has 0 radical (unpaired) electrons. The molecular formula is C95H198O20P8S16. The van der Waals surface area contributed by atoms with E-state index in [-0.39, 0.29) is 61.5 Å². The molecule has 834 valence electrons. The number of ether oxygens (including phenoxy) is 1. The van der Waals surface area contributed by atoms with Crippen molar-refractivity contribution in [1.82, 2.24) is 0 Å². The highest BCUT2D eigenvalue weighted by Gasteiger charge is 2.38. The van der Waals surface area contributed by atoms with Gasteiger partial charge in [0.25, 0.3) is 0 Å². The van der Waals surface area contributed by atoms with Crippen LogP contribution in [0.2, 0.25) is 0 Å². The highest BCUT2D eigenvalue weighted by atomic mass is 32.9. The van der Waals surface area contributed by atoms with Crippen LogP contribution >= 0.6 is 137 Å². The molecule has 1 N–H and O–H groups in total. The van der Waals surface area contributed by atoms with Gasteiger partial charge in [0.2, 0.25) is 45.5 Å². The predicted molar refractivity (Wildman–Crippen MR) is 653 cm³/mol. The molecule has 0 spiro atoms. The molecule has 0 heterocycles. The molecular weight excluding hydrogens is 2220 g/mol. The second-order valence-corrected chi connectivity index (χ2v) is 87.6. The lowest BCUT2D eigenvalue weighted by Gasteiger charge is -2.32. The van der Waals surface area contributed by atoms with Crippen LogP contribution in [-0.4, -0.2) is 172 Å². The molecule has 16 unspecified atom stereocenters. The molecule has 0 aromatic rings. The lowest BCUT2D eigenvalue weighted by Crippen LogP contribution is -2.17. The maximum Gasteiger partial charge on any atom is 0.306 e. The largest absolute Gasteiger partial charge is 0.481 e. The molecule has 0 aromatic carbocycles. The first-order valence-electron chi connectivity index (χ1n) is 52.6. The zero-order valence-electron chi connectivity index (χ0n) is 90.9. The van der Waals surface area contributed by atoms with Crippen LogP contribution in [0.3, 0.4) is 0 Å². The van der Waals surface area contributed by atoms with Gasteiger partial charge in [-0.2, -0.15) is 0 Å². The van der Waals surface area contributed by atoms with Gasteiger partial charge in [-0.25, -0.2) is 0 Å². The fourth-order valence-electron chi connectivity index (χ4n) is 13.3. The van der Waals surface area contributed by atoms with Crippen molar-refractivity contribution in [2.45, 2.75) is 447 Å². The van der Waals surface area contributed by atoms with Gasteiger partial charge in [-0.15, -0.1) is 0 Å². The molecule has 0 amide bonds. The standard InChI is InChI=1S/C48H100O10P4S8.C47H98O10P4S8/c1-15-23-27-44(19-5)33-51-59(63,52-34-45(20-6)28-24-16-2)68-37-41(11)57-62(66,70-39-43(13)56-61(65,55-40(9)10)67-32-31-48(49)50-14)58-42(12)38-69-60(64,53-35-46(21-7)29-25-17-3)54-36-47(22-8)30-26-18-4;1-14-22-26-43(18-5)32-50-58(62,51-33-44(19-6)27-23-15-2)67-36-40(11)56-61(65,69-38-42(13)55-60(64,54-39(9)10)66-31-30-47(48)49)57-41(12)37-68-59(63,52-34-45(20-7)28-24-16-3)53-35-46(21-8)29-25-17-4/h40-47H,15-39H2,1-14H3;39-46H,14-38H2,1-13H3,(H,48,49). The van der Waals surface area contributed by atoms with Crippen molar-refractivity contribution in [3.05, 3.63) is 0 Å². The highest BCUT2D eigenvalue weighted by molar-refractivity contribution is 8.71. The van der Waals surface area contributed by atoms with Crippen molar-refractivity contribution in [2.75, 3.05) is 106 Å². The number of carboxylic acid groups (broad SMARTS) is 1. The summed E-state index contributed by atoms with van der Waals surface area (Å²) in [6.07, 6.45) is 33.5. The van der Waals surface area contributed by atoms with E-state index >= 15 is 0 Å². The molecule has 0 saturated carbocycles. The van der Waals surface area contributed by atoms with Gasteiger partial charge in [0.1, 0.15) is 0 Å². The Labute approximate surface area is 925 Å². The Morgan fingerprint density at radius 2 is 0.403 bits per heavy atom. The summed E-state index contributed by atoms with van der Waals surface area (Å²) in [7, 11) is 1.38. The van der Waals surface area contributed by atoms with E-state index in [0.29, 0.717) is 146 Å². The number of esters is 1. The number of carbonyl (C=O) groups is 2. The number of methoxy groups -OCH3 is 1. The van der Waals surface area contributed by atoms with Gasteiger partial charge < -0.3 is 82.2 Å². The number of hydrogen-bond acceptors (Lipinski definition) is 35. The second-order valence-electron chi connectivity index (χ2n) is 37.0. The summed E-state index contributed by atoms with van der Waals surface area (Å²) in [5.41, 5.74) is -22.8. The van der Waals surface area contributed by atoms with Gasteiger partial charge in [-0.05, 0) is 262 Å². The average molecular weight is 2420 g/mol. The minimum atomic E-state index is -3.08. The summed E-state index contributed by atoms with van der Waals surface area (Å²) in [6, 6.07) is 0. The monoisotopic (exact) mass is 2420 g/mol. The van der Waals surface area contributed by atoms with Crippen LogP contribution in [-0.2, 0) is 181 Å². The quantitative estimate of drug-likeness (QED) is 0.0443. The van der Waals surface area contributed by atoms with Gasteiger partial charge in [0, 0.05) is 46.0 Å². The van der Waals surface area contributed by atoms with E-state index < -0.39 is 57.6 Å². The first kappa shape index (κ1) is 147. The molecule has 139 heavy (non-hydrogen) atoms. The number of carboxylic acids is 1. The van der Waals surface area contributed by atoms with E-state index in [1.54, 1.807) is 45.5 Å². The van der Waals surface area contributed by atoms with Crippen LogP contribution in [0.15, 0.2) is 0 Å². The number of hydrogen-bond donors (Lipinski definition) is 1. The summed E-state index contributed by atoms with van der Waals surface area (Å²) in [6.45, 7) is 60.0. The molecule has 44 heteroatoms. The van der Waals surface area contributed by atoms with E-state index in [4.69, 9.17) is 172 Å². The molecule has 0 rings (SSSR count). The average Bonchev–Trinajstić information content (AvgIpc) is 0.840. The van der Waals surface area contributed by atoms with Crippen LogP contribution in [0.4, 0.5) is 0 Å². The number of rotatable bonds is 98. The first-order chi connectivity index (χ1) is 65.7. The summed E-state index contributed by atoms with van der Waals surface area (Å²) >= 11 is 61.9. The van der Waals surface area contributed by atoms with E-state index in [9.17, 15) is 14.7 Å². The summed E-state index contributed by atoms with van der Waals surface area (Å²) < 4.78 is 111.